The second-order valence-corrected chi connectivity index (χ2v) is 5.38. The van der Waals surface area contributed by atoms with Crippen molar-refractivity contribution in [2.75, 3.05) is 18.5 Å². The normalized spacial score (nSPS) is 13.4. The number of rotatable bonds is 4. The fourth-order valence-corrected chi connectivity index (χ4v) is 1.97. The molecule has 0 atom stereocenters. The first-order valence-corrected chi connectivity index (χ1v) is 6.08. The Labute approximate surface area is 120 Å². The van der Waals surface area contributed by atoms with Gasteiger partial charge in [-0.3, -0.25) is 0 Å². The van der Waals surface area contributed by atoms with Gasteiger partial charge in [-0.05, 0) is 32.0 Å². The van der Waals surface area contributed by atoms with Crippen LogP contribution in [0.3, 0.4) is 0 Å². The van der Waals surface area contributed by atoms with E-state index >= 15 is 0 Å². The molecule has 0 unspecified atom stereocenters. The monoisotopic (exact) mass is 305 g/mol. The van der Waals surface area contributed by atoms with E-state index in [1.807, 2.05) is 0 Å². The Morgan fingerprint density at radius 2 is 1.90 bits per heavy atom. The van der Waals surface area contributed by atoms with Crippen LogP contribution >= 0.6 is 0 Å². The number of hydrogen-bond donors (Lipinski definition) is 3. The molecule has 0 saturated heterocycles. The summed E-state index contributed by atoms with van der Waals surface area (Å²) >= 11 is 0. The van der Waals surface area contributed by atoms with Crippen molar-refractivity contribution in [3.8, 4) is 0 Å². The Hall–Kier alpha value is -1.96. The quantitative estimate of drug-likeness (QED) is 0.344. The third-order valence-electron chi connectivity index (χ3n) is 2.74. The largest absolute Gasteiger partial charge is 0.416 e. The number of aliphatic hydroxyl groups is 1. The summed E-state index contributed by atoms with van der Waals surface area (Å²) in [6.45, 7) is 3.29. The van der Waals surface area contributed by atoms with E-state index in [0.717, 1.165) is 12.1 Å². The van der Waals surface area contributed by atoms with Crippen molar-refractivity contribution in [1.82, 2.24) is 0 Å². The second-order valence-electron chi connectivity index (χ2n) is 5.38. The van der Waals surface area contributed by atoms with Crippen molar-refractivity contribution in [3.63, 3.8) is 0 Å². The maximum absolute atomic E-state index is 12.7. The van der Waals surface area contributed by atoms with Crippen molar-refractivity contribution >= 4 is 11.5 Å². The molecule has 1 aromatic rings. The van der Waals surface area contributed by atoms with Crippen LogP contribution in [0.4, 0.5) is 18.9 Å². The fourth-order valence-electron chi connectivity index (χ4n) is 1.97. The molecule has 0 radical (unpaired) electrons. The van der Waals surface area contributed by atoms with Crippen LogP contribution in [0.5, 0.6) is 0 Å². The average Bonchev–Trinajstić information content (AvgIpc) is 2.34. The van der Waals surface area contributed by atoms with Crippen LogP contribution in [-0.2, 0) is 6.18 Å². The first-order chi connectivity index (χ1) is 9.45. The SMILES string of the molecule is CN(CC(C)(C)O)c1ccc(C(F)(F)F)cc1C(N)=NO. The first-order valence-electron chi connectivity index (χ1n) is 6.08. The van der Waals surface area contributed by atoms with E-state index in [4.69, 9.17) is 10.9 Å². The maximum atomic E-state index is 12.7. The van der Waals surface area contributed by atoms with Crippen LogP contribution in [0, 0.1) is 0 Å². The number of benzene rings is 1. The van der Waals surface area contributed by atoms with Gasteiger partial charge in [-0.1, -0.05) is 5.16 Å². The lowest BCUT2D eigenvalue weighted by atomic mass is 10.0. The fraction of sp³-hybridized carbons (Fsp3) is 0.462. The van der Waals surface area contributed by atoms with Gasteiger partial charge in [0.25, 0.3) is 0 Å². The highest BCUT2D eigenvalue weighted by atomic mass is 19.4. The molecule has 118 valence electrons. The van der Waals surface area contributed by atoms with E-state index in [-0.39, 0.29) is 12.1 Å². The highest BCUT2D eigenvalue weighted by Gasteiger charge is 2.32. The van der Waals surface area contributed by atoms with Crippen molar-refractivity contribution < 1.29 is 23.5 Å². The van der Waals surface area contributed by atoms with Crippen LogP contribution in [-0.4, -0.2) is 35.3 Å². The predicted octanol–water partition coefficient (Wildman–Crippen LogP) is 2.01. The van der Waals surface area contributed by atoms with Crippen LogP contribution in [0.25, 0.3) is 0 Å². The van der Waals surface area contributed by atoms with Gasteiger partial charge in [0.05, 0.1) is 11.2 Å². The summed E-state index contributed by atoms with van der Waals surface area (Å²) in [5.74, 6) is -0.432. The van der Waals surface area contributed by atoms with Gasteiger partial charge in [0.1, 0.15) is 0 Å². The van der Waals surface area contributed by atoms with E-state index < -0.39 is 23.2 Å². The third kappa shape index (κ3) is 4.52. The highest BCUT2D eigenvalue weighted by Crippen LogP contribution is 2.33. The lowest BCUT2D eigenvalue weighted by molar-refractivity contribution is -0.137. The molecular formula is C13H18F3N3O2. The average molecular weight is 305 g/mol. The highest BCUT2D eigenvalue weighted by molar-refractivity contribution is 6.02. The number of amidine groups is 1. The molecule has 21 heavy (non-hydrogen) atoms. The van der Waals surface area contributed by atoms with E-state index in [9.17, 15) is 18.3 Å². The summed E-state index contributed by atoms with van der Waals surface area (Å²) in [5.41, 5.74) is 3.76. The number of anilines is 1. The van der Waals surface area contributed by atoms with Gasteiger partial charge >= 0.3 is 6.18 Å². The number of nitrogens with zero attached hydrogens (tertiary/aromatic N) is 2. The molecule has 0 aliphatic rings. The summed E-state index contributed by atoms with van der Waals surface area (Å²) in [6.07, 6.45) is -4.53. The van der Waals surface area contributed by atoms with Gasteiger partial charge in [-0.15, -0.1) is 0 Å². The van der Waals surface area contributed by atoms with Crippen LogP contribution < -0.4 is 10.6 Å². The standard InChI is InChI=1S/C13H18F3N3O2/c1-12(2,20)7-19(3)10-5-4-8(13(14,15)16)6-9(10)11(17)18-21/h4-6,20-21H,7H2,1-3H3,(H2,17,18). The Morgan fingerprint density at radius 1 is 1.33 bits per heavy atom. The lowest BCUT2D eigenvalue weighted by Crippen LogP contribution is -2.37. The zero-order valence-corrected chi connectivity index (χ0v) is 11.9. The minimum absolute atomic E-state index is 0.0564. The molecule has 8 heteroatoms. The topological polar surface area (TPSA) is 82.1 Å². The summed E-state index contributed by atoms with van der Waals surface area (Å²) < 4.78 is 38.2. The number of likely N-dealkylation sites (N-methyl/N-ethyl adjacent to an activating group) is 1. The van der Waals surface area contributed by atoms with Crippen molar-refractivity contribution in [2.45, 2.75) is 25.6 Å². The van der Waals surface area contributed by atoms with E-state index in [1.165, 1.54) is 11.0 Å². The minimum atomic E-state index is -4.53. The van der Waals surface area contributed by atoms with Gasteiger partial charge < -0.3 is 20.9 Å². The Kier molecular flexibility index (Phi) is 4.72. The molecule has 0 bridgehead atoms. The predicted molar refractivity (Wildman–Crippen MR) is 73.5 cm³/mol. The van der Waals surface area contributed by atoms with Gasteiger partial charge in [-0.25, -0.2) is 0 Å². The molecule has 0 heterocycles. The van der Waals surface area contributed by atoms with Gasteiger partial charge in [0, 0.05) is 24.8 Å². The molecule has 0 spiro atoms. The Bertz CT molecular complexity index is 536. The summed E-state index contributed by atoms with van der Waals surface area (Å²) in [5, 5.41) is 21.3. The minimum Gasteiger partial charge on any atom is -0.409 e. The molecule has 0 fully saturated rings. The molecular weight excluding hydrogens is 287 g/mol. The van der Waals surface area contributed by atoms with Crippen LogP contribution in [0.2, 0.25) is 0 Å². The van der Waals surface area contributed by atoms with Crippen molar-refractivity contribution in [1.29, 1.82) is 0 Å². The van der Waals surface area contributed by atoms with Gasteiger partial charge in [-0.2, -0.15) is 13.2 Å². The molecule has 5 nitrogen and oxygen atoms in total. The van der Waals surface area contributed by atoms with Crippen molar-refractivity contribution in [3.05, 3.63) is 29.3 Å². The summed E-state index contributed by atoms with van der Waals surface area (Å²) in [7, 11) is 1.59. The number of alkyl halides is 3. The number of nitrogens with two attached hydrogens (primary N) is 1. The zero-order chi connectivity index (χ0) is 16.4. The maximum Gasteiger partial charge on any atom is 0.416 e. The van der Waals surface area contributed by atoms with Crippen LogP contribution in [0.1, 0.15) is 25.0 Å². The first kappa shape index (κ1) is 17.1. The molecule has 1 aromatic carbocycles. The molecule has 0 aromatic heterocycles. The van der Waals surface area contributed by atoms with Gasteiger partial charge in [0.2, 0.25) is 0 Å². The number of oxime groups is 1. The molecule has 0 aliphatic heterocycles. The smallest absolute Gasteiger partial charge is 0.409 e. The van der Waals surface area contributed by atoms with E-state index in [1.54, 1.807) is 20.9 Å². The zero-order valence-electron chi connectivity index (χ0n) is 11.9. The number of hydrogen-bond acceptors (Lipinski definition) is 4. The summed E-state index contributed by atoms with van der Waals surface area (Å²) in [4.78, 5) is 1.54. The molecule has 0 saturated carbocycles. The Balaban J connectivity index is 3.32. The van der Waals surface area contributed by atoms with Crippen LogP contribution in [0.15, 0.2) is 23.4 Å². The Morgan fingerprint density at radius 3 is 2.33 bits per heavy atom. The second kappa shape index (κ2) is 5.80. The van der Waals surface area contributed by atoms with Gasteiger partial charge in [0.15, 0.2) is 5.84 Å². The third-order valence-corrected chi connectivity index (χ3v) is 2.74. The lowest BCUT2D eigenvalue weighted by Gasteiger charge is -2.29. The van der Waals surface area contributed by atoms with Crippen molar-refractivity contribution in [2.24, 2.45) is 10.9 Å². The van der Waals surface area contributed by atoms with E-state index in [0.29, 0.717) is 5.69 Å². The molecule has 1 rings (SSSR count). The summed E-state index contributed by atoms with van der Waals surface area (Å²) in [6, 6.07) is 2.94. The molecule has 0 amide bonds. The number of halogens is 3. The molecule has 0 aliphatic carbocycles. The molecule has 4 N–H and O–H groups in total. The van der Waals surface area contributed by atoms with E-state index in [2.05, 4.69) is 5.16 Å².